The zero-order chi connectivity index (χ0) is 32.7. The lowest BCUT2D eigenvalue weighted by molar-refractivity contribution is -0.182. The van der Waals surface area contributed by atoms with Gasteiger partial charge in [0.25, 0.3) is 5.91 Å². The number of likely N-dealkylation sites (N-methyl/N-ethyl adjacent to an activating group) is 1. The number of alkyl halides is 3. The largest absolute Gasteiger partial charge is 0.481 e. The Morgan fingerprint density at radius 3 is 2.40 bits per heavy atom. The number of ether oxygens (including phenoxy) is 1. The van der Waals surface area contributed by atoms with Crippen LogP contribution in [-0.4, -0.2) is 64.0 Å². The first-order valence-corrected chi connectivity index (χ1v) is 14.0. The molecule has 0 aliphatic carbocycles. The minimum Gasteiger partial charge on any atom is -0.481 e. The smallest absolute Gasteiger partial charge is 0.416 e. The van der Waals surface area contributed by atoms with Gasteiger partial charge in [0.05, 0.1) is 24.1 Å². The summed E-state index contributed by atoms with van der Waals surface area (Å²) < 4.78 is 45.8. The molecule has 0 spiro atoms. The van der Waals surface area contributed by atoms with Crippen LogP contribution >= 0.6 is 0 Å². The molecule has 2 fully saturated rings. The van der Waals surface area contributed by atoms with Gasteiger partial charge in [-0.1, -0.05) is 73.3 Å². The maximum atomic E-state index is 14.4. The summed E-state index contributed by atoms with van der Waals surface area (Å²) in [5.41, 5.74) is -1.02. The predicted molar refractivity (Wildman–Crippen MR) is 158 cm³/mol. The number of benzene rings is 3. The van der Waals surface area contributed by atoms with Crippen molar-refractivity contribution >= 4 is 35.6 Å². The predicted octanol–water partition coefficient (Wildman–Crippen LogP) is 5.69. The van der Waals surface area contributed by atoms with Gasteiger partial charge in [-0.05, 0) is 41.8 Å². The molecule has 12 heteroatoms. The van der Waals surface area contributed by atoms with Gasteiger partial charge in [0.15, 0.2) is 0 Å². The van der Waals surface area contributed by atoms with Crippen LogP contribution in [-0.2, 0) is 25.3 Å². The number of anilines is 1. The molecule has 0 unspecified atom stereocenters. The summed E-state index contributed by atoms with van der Waals surface area (Å²) in [6.07, 6.45) is -4.75. The highest BCUT2D eigenvalue weighted by Crippen LogP contribution is 2.53. The molecule has 2 saturated heterocycles. The van der Waals surface area contributed by atoms with Gasteiger partial charge in [-0.15, -0.1) is 0 Å². The zero-order valence-corrected chi connectivity index (χ0v) is 24.4. The molecule has 1 N–H and O–H groups in total. The standard InChI is InChI=1S/C33H30F3N3O6/c1-4-20-11-8-9-16-24(20)28-32(2,39-26(19-45-31(39)44)21-12-6-5-7-13-21)30(43)38(28)25(18-27(40)41)29(42)37(3)23-15-10-14-22(17-23)33(34,35)36/h4-17,25-26,28H,1,18-19H2,2-3H3,(H,40,41)/t25-,26-,28-,32+/m1/s1. The molecule has 0 radical (unpaired) electrons. The monoisotopic (exact) mass is 621 g/mol. The maximum absolute atomic E-state index is 14.4. The Bertz CT molecular complexity index is 1660. The fourth-order valence-electron chi connectivity index (χ4n) is 6.22. The zero-order valence-electron chi connectivity index (χ0n) is 24.4. The summed E-state index contributed by atoms with van der Waals surface area (Å²) >= 11 is 0. The van der Waals surface area contributed by atoms with Crippen LogP contribution in [0.5, 0.6) is 0 Å². The Hall–Kier alpha value is -5.13. The van der Waals surface area contributed by atoms with Crippen LogP contribution in [0.25, 0.3) is 6.08 Å². The molecule has 45 heavy (non-hydrogen) atoms. The van der Waals surface area contributed by atoms with E-state index in [1.165, 1.54) is 31.0 Å². The van der Waals surface area contributed by atoms with Crippen LogP contribution in [0.1, 0.15) is 47.7 Å². The number of carbonyl (C=O) groups excluding carboxylic acids is 3. The summed E-state index contributed by atoms with van der Waals surface area (Å²) in [5.74, 6) is -3.05. The number of halogens is 3. The average Bonchev–Trinajstić information content (AvgIpc) is 3.42. The SMILES string of the molecule is C=Cc1ccccc1[C@H]1N([C@H](CC(=O)O)C(=O)N(C)c2cccc(C(F)(F)F)c2)C(=O)[C@@]1(C)N1C(=O)OC[C@@H]1c1ccccc1. The van der Waals surface area contributed by atoms with E-state index >= 15 is 0 Å². The van der Waals surface area contributed by atoms with Crippen molar-refractivity contribution in [2.75, 3.05) is 18.6 Å². The van der Waals surface area contributed by atoms with Gasteiger partial charge in [-0.3, -0.25) is 19.3 Å². The van der Waals surface area contributed by atoms with Crippen LogP contribution in [0, 0.1) is 0 Å². The van der Waals surface area contributed by atoms with E-state index in [-0.39, 0.29) is 12.3 Å². The van der Waals surface area contributed by atoms with E-state index in [0.29, 0.717) is 16.7 Å². The molecular weight excluding hydrogens is 591 g/mol. The van der Waals surface area contributed by atoms with Crippen molar-refractivity contribution in [3.05, 3.63) is 108 Å². The number of carboxylic acids is 1. The number of carbonyl (C=O) groups is 4. The molecule has 0 saturated carbocycles. The fraction of sp³-hybridized carbons (Fsp3) is 0.273. The van der Waals surface area contributed by atoms with Crippen molar-refractivity contribution in [2.24, 2.45) is 0 Å². The topological polar surface area (TPSA) is 107 Å². The number of likely N-dealkylation sites (tertiary alicyclic amines) is 1. The van der Waals surface area contributed by atoms with E-state index in [1.807, 2.05) is 0 Å². The van der Waals surface area contributed by atoms with Crippen molar-refractivity contribution in [1.29, 1.82) is 0 Å². The Labute approximate surface area is 257 Å². The van der Waals surface area contributed by atoms with Crippen molar-refractivity contribution in [2.45, 2.75) is 43.2 Å². The summed E-state index contributed by atoms with van der Waals surface area (Å²) in [6, 6.07) is 16.5. The minimum absolute atomic E-state index is 0.0443. The lowest BCUT2D eigenvalue weighted by atomic mass is 9.71. The molecule has 4 atom stereocenters. The second-order valence-electron chi connectivity index (χ2n) is 11.0. The number of aliphatic carboxylic acids is 1. The number of rotatable bonds is 9. The van der Waals surface area contributed by atoms with Crippen LogP contribution in [0.4, 0.5) is 23.7 Å². The van der Waals surface area contributed by atoms with Gasteiger partial charge < -0.3 is 19.6 Å². The van der Waals surface area contributed by atoms with E-state index in [2.05, 4.69) is 6.58 Å². The van der Waals surface area contributed by atoms with Crippen molar-refractivity contribution in [1.82, 2.24) is 9.80 Å². The summed E-state index contributed by atoms with van der Waals surface area (Å²) in [6.45, 7) is 5.35. The Morgan fingerprint density at radius 1 is 1.09 bits per heavy atom. The fourth-order valence-corrected chi connectivity index (χ4v) is 6.22. The number of carboxylic acid groups (broad SMARTS) is 1. The molecular formula is C33H30F3N3O6. The quantitative estimate of drug-likeness (QED) is 0.308. The third kappa shape index (κ3) is 5.41. The van der Waals surface area contributed by atoms with Gasteiger partial charge in [0, 0.05) is 12.7 Å². The van der Waals surface area contributed by atoms with Gasteiger partial charge in [-0.2, -0.15) is 13.2 Å². The van der Waals surface area contributed by atoms with Crippen molar-refractivity contribution < 1.29 is 42.2 Å². The number of hydrogen-bond acceptors (Lipinski definition) is 5. The van der Waals surface area contributed by atoms with E-state index in [9.17, 15) is 37.5 Å². The lowest BCUT2D eigenvalue weighted by Crippen LogP contribution is -2.77. The summed E-state index contributed by atoms with van der Waals surface area (Å²) in [7, 11) is 1.21. The highest BCUT2D eigenvalue weighted by molar-refractivity contribution is 6.05. The van der Waals surface area contributed by atoms with Gasteiger partial charge in [0.1, 0.15) is 18.2 Å². The van der Waals surface area contributed by atoms with Crippen molar-refractivity contribution in [3.63, 3.8) is 0 Å². The first kappa shape index (κ1) is 31.3. The van der Waals surface area contributed by atoms with Crippen LogP contribution in [0.15, 0.2) is 85.4 Å². The number of β-lactam (4-membered cyclic amide) rings is 1. The molecule has 3 amide bonds. The molecule has 5 rings (SSSR count). The molecule has 2 aliphatic heterocycles. The summed E-state index contributed by atoms with van der Waals surface area (Å²) in [4.78, 5) is 57.2. The second-order valence-corrected chi connectivity index (χ2v) is 11.0. The molecule has 3 aromatic rings. The van der Waals surface area contributed by atoms with Gasteiger partial charge >= 0.3 is 18.2 Å². The number of hydrogen-bond donors (Lipinski definition) is 1. The van der Waals surface area contributed by atoms with E-state index in [4.69, 9.17) is 4.74 Å². The highest BCUT2D eigenvalue weighted by atomic mass is 19.4. The van der Waals surface area contributed by atoms with Gasteiger partial charge in [0.2, 0.25) is 5.91 Å². The lowest BCUT2D eigenvalue weighted by Gasteiger charge is -2.60. The first-order valence-electron chi connectivity index (χ1n) is 14.0. The maximum Gasteiger partial charge on any atom is 0.416 e. The molecule has 9 nitrogen and oxygen atoms in total. The van der Waals surface area contributed by atoms with E-state index < -0.39 is 65.7 Å². The normalized spacial score (nSPS) is 22.0. The van der Waals surface area contributed by atoms with Crippen LogP contribution in [0.3, 0.4) is 0 Å². The van der Waals surface area contributed by atoms with Crippen molar-refractivity contribution in [3.8, 4) is 0 Å². The third-order valence-electron chi connectivity index (χ3n) is 8.43. The number of amides is 3. The van der Waals surface area contributed by atoms with Crippen LogP contribution in [0.2, 0.25) is 0 Å². The Kier molecular flexibility index (Phi) is 8.17. The van der Waals surface area contributed by atoms with Crippen LogP contribution < -0.4 is 4.90 Å². The summed E-state index contributed by atoms with van der Waals surface area (Å²) in [5, 5.41) is 9.86. The molecule has 0 aromatic heterocycles. The molecule has 2 aliphatic rings. The molecule has 2 heterocycles. The highest BCUT2D eigenvalue weighted by Gasteiger charge is 2.68. The Morgan fingerprint density at radius 2 is 1.76 bits per heavy atom. The third-order valence-corrected chi connectivity index (χ3v) is 8.43. The molecule has 234 valence electrons. The molecule has 3 aromatic carbocycles. The van der Waals surface area contributed by atoms with Gasteiger partial charge in [-0.25, -0.2) is 4.79 Å². The Balaban J connectivity index is 1.62. The molecule has 0 bridgehead atoms. The van der Waals surface area contributed by atoms with E-state index in [0.717, 1.165) is 28.0 Å². The minimum atomic E-state index is -4.69. The number of nitrogens with zero attached hydrogens (tertiary/aromatic N) is 3. The average molecular weight is 622 g/mol. The number of cyclic esters (lactones) is 1. The first-order chi connectivity index (χ1) is 21.3. The second kappa shape index (κ2) is 11.8. The van der Waals surface area contributed by atoms with E-state index in [1.54, 1.807) is 54.6 Å².